The number of benzene rings is 1. The predicted molar refractivity (Wildman–Crippen MR) is 56.2 cm³/mol. The van der Waals surface area contributed by atoms with Gasteiger partial charge in [0.15, 0.2) is 0 Å². The van der Waals surface area contributed by atoms with Crippen LogP contribution in [-0.2, 0) is 6.54 Å². The maximum Gasteiger partial charge on any atom is 0.142 e. The van der Waals surface area contributed by atoms with Gasteiger partial charge in [-0.15, -0.1) is 0 Å². The Labute approximate surface area is 83.7 Å². The molecule has 0 atom stereocenters. The van der Waals surface area contributed by atoms with Crippen LogP contribution in [0.15, 0.2) is 18.2 Å². The largest absolute Gasteiger partial charge is 0.495 e. The van der Waals surface area contributed by atoms with Crippen LogP contribution < -0.4 is 15.8 Å². The van der Waals surface area contributed by atoms with E-state index in [9.17, 15) is 0 Å². The lowest BCUT2D eigenvalue weighted by atomic mass is 10.2. The molecular formula is C10H16N2O2. The topological polar surface area (TPSA) is 67.5 Å². The van der Waals surface area contributed by atoms with Crippen LogP contribution in [0, 0.1) is 0 Å². The van der Waals surface area contributed by atoms with Gasteiger partial charge in [0.25, 0.3) is 0 Å². The van der Waals surface area contributed by atoms with E-state index in [-0.39, 0.29) is 6.61 Å². The fraction of sp³-hybridized carbons (Fsp3) is 0.400. The lowest BCUT2D eigenvalue weighted by molar-refractivity contribution is 0.292. The molecular weight excluding hydrogens is 180 g/mol. The fourth-order valence-electron chi connectivity index (χ4n) is 1.18. The molecule has 4 nitrogen and oxygen atoms in total. The number of nitrogens with one attached hydrogen (secondary N) is 1. The minimum Gasteiger partial charge on any atom is -0.495 e. The highest BCUT2D eigenvalue weighted by Crippen LogP contribution is 2.21. The number of ether oxygens (including phenoxy) is 1. The second-order valence-electron chi connectivity index (χ2n) is 2.98. The van der Waals surface area contributed by atoms with E-state index in [0.717, 1.165) is 5.56 Å². The van der Waals surface area contributed by atoms with Gasteiger partial charge in [0, 0.05) is 13.1 Å². The van der Waals surface area contributed by atoms with Crippen molar-refractivity contribution in [3.8, 4) is 5.75 Å². The summed E-state index contributed by atoms with van der Waals surface area (Å²) in [5.74, 6) is 0.688. The van der Waals surface area contributed by atoms with E-state index in [0.29, 0.717) is 24.5 Å². The first-order valence-electron chi connectivity index (χ1n) is 4.52. The van der Waals surface area contributed by atoms with Gasteiger partial charge >= 0.3 is 0 Å². The van der Waals surface area contributed by atoms with E-state index >= 15 is 0 Å². The van der Waals surface area contributed by atoms with E-state index < -0.39 is 0 Å². The minimum absolute atomic E-state index is 0.145. The van der Waals surface area contributed by atoms with Gasteiger partial charge in [0.1, 0.15) is 5.75 Å². The summed E-state index contributed by atoms with van der Waals surface area (Å²) in [5.41, 5.74) is 7.39. The van der Waals surface area contributed by atoms with Crippen molar-refractivity contribution >= 4 is 5.69 Å². The number of hydrogen-bond acceptors (Lipinski definition) is 4. The van der Waals surface area contributed by atoms with Crippen molar-refractivity contribution in [1.82, 2.24) is 5.32 Å². The van der Waals surface area contributed by atoms with Gasteiger partial charge in [-0.2, -0.15) is 0 Å². The third-order valence-electron chi connectivity index (χ3n) is 1.92. The van der Waals surface area contributed by atoms with Crippen molar-refractivity contribution in [2.24, 2.45) is 0 Å². The van der Waals surface area contributed by atoms with Crippen LogP contribution in [0.3, 0.4) is 0 Å². The average Bonchev–Trinajstić information content (AvgIpc) is 2.21. The van der Waals surface area contributed by atoms with E-state index in [1.807, 2.05) is 18.2 Å². The highest BCUT2D eigenvalue weighted by atomic mass is 16.5. The number of nitrogen functional groups attached to an aromatic ring is 1. The summed E-state index contributed by atoms with van der Waals surface area (Å²) in [6, 6.07) is 5.64. The highest BCUT2D eigenvalue weighted by molar-refractivity contribution is 5.53. The first-order valence-corrected chi connectivity index (χ1v) is 4.52. The smallest absolute Gasteiger partial charge is 0.142 e. The quantitative estimate of drug-likeness (QED) is 0.470. The zero-order chi connectivity index (χ0) is 10.4. The van der Waals surface area contributed by atoms with Crippen molar-refractivity contribution in [2.45, 2.75) is 6.54 Å². The lowest BCUT2D eigenvalue weighted by Gasteiger charge is -2.07. The predicted octanol–water partition coefficient (Wildman–Crippen LogP) is 0.359. The van der Waals surface area contributed by atoms with Crippen LogP contribution in [0.4, 0.5) is 5.69 Å². The number of anilines is 1. The molecule has 0 aromatic heterocycles. The SMILES string of the molecule is COc1cc(CNCCO)ccc1N. The second-order valence-corrected chi connectivity index (χ2v) is 2.98. The maximum atomic E-state index is 8.58. The van der Waals surface area contributed by atoms with Crippen LogP contribution in [0.5, 0.6) is 5.75 Å². The summed E-state index contributed by atoms with van der Waals surface area (Å²) in [6.07, 6.45) is 0. The molecule has 0 heterocycles. The summed E-state index contributed by atoms with van der Waals surface area (Å²) >= 11 is 0. The van der Waals surface area contributed by atoms with E-state index in [4.69, 9.17) is 15.6 Å². The molecule has 4 N–H and O–H groups in total. The van der Waals surface area contributed by atoms with E-state index in [1.54, 1.807) is 7.11 Å². The third-order valence-corrected chi connectivity index (χ3v) is 1.92. The molecule has 0 saturated carbocycles. The first-order chi connectivity index (χ1) is 6.77. The molecule has 1 rings (SSSR count). The van der Waals surface area contributed by atoms with Gasteiger partial charge in [-0.25, -0.2) is 0 Å². The van der Waals surface area contributed by atoms with Crippen molar-refractivity contribution in [3.05, 3.63) is 23.8 Å². The van der Waals surface area contributed by atoms with Crippen molar-refractivity contribution in [3.63, 3.8) is 0 Å². The summed E-state index contributed by atoms with van der Waals surface area (Å²) in [7, 11) is 1.59. The van der Waals surface area contributed by atoms with Crippen LogP contribution in [0.2, 0.25) is 0 Å². The number of nitrogens with two attached hydrogens (primary N) is 1. The zero-order valence-corrected chi connectivity index (χ0v) is 8.29. The normalized spacial score (nSPS) is 10.1. The molecule has 0 aliphatic rings. The average molecular weight is 196 g/mol. The molecule has 1 aromatic rings. The molecule has 0 fully saturated rings. The van der Waals surface area contributed by atoms with Gasteiger partial charge in [0.2, 0.25) is 0 Å². The molecule has 0 bridgehead atoms. The summed E-state index contributed by atoms with van der Waals surface area (Å²) in [6.45, 7) is 1.44. The molecule has 0 spiro atoms. The number of aliphatic hydroxyl groups excluding tert-OH is 1. The Morgan fingerprint density at radius 3 is 2.93 bits per heavy atom. The summed E-state index contributed by atoms with van der Waals surface area (Å²) < 4.78 is 5.09. The third kappa shape index (κ3) is 2.90. The summed E-state index contributed by atoms with van der Waals surface area (Å²) in [5, 5.41) is 11.7. The fourth-order valence-corrected chi connectivity index (χ4v) is 1.18. The van der Waals surface area contributed by atoms with Gasteiger partial charge in [0.05, 0.1) is 19.4 Å². The minimum atomic E-state index is 0.145. The molecule has 0 unspecified atom stereocenters. The number of hydrogen-bond donors (Lipinski definition) is 3. The van der Waals surface area contributed by atoms with Crippen LogP contribution in [0.25, 0.3) is 0 Å². The Hall–Kier alpha value is -1.26. The maximum absolute atomic E-state index is 8.58. The molecule has 78 valence electrons. The molecule has 0 radical (unpaired) electrons. The van der Waals surface area contributed by atoms with Gasteiger partial charge in [-0.05, 0) is 17.7 Å². The Kier molecular flexibility index (Phi) is 4.22. The Morgan fingerprint density at radius 2 is 2.29 bits per heavy atom. The molecule has 14 heavy (non-hydrogen) atoms. The van der Waals surface area contributed by atoms with E-state index in [1.165, 1.54) is 0 Å². The molecule has 0 saturated heterocycles. The molecule has 4 heteroatoms. The van der Waals surface area contributed by atoms with Crippen molar-refractivity contribution in [1.29, 1.82) is 0 Å². The lowest BCUT2D eigenvalue weighted by Crippen LogP contribution is -2.17. The molecule has 0 amide bonds. The second kappa shape index (κ2) is 5.47. The van der Waals surface area contributed by atoms with Gasteiger partial charge < -0.3 is 20.9 Å². The summed E-state index contributed by atoms with van der Waals surface area (Å²) in [4.78, 5) is 0. The van der Waals surface area contributed by atoms with Crippen LogP contribution >= 0.6 is 0 Å². The van der Waals surface area contributed by atoms with Gasteiger partial charge in [-0.3, -0.25) is 0 Å². The van der Waals surface area contributed by atoms with Crippen LogP contribution in [0.1, 0.15) is 5.56 Å². The van der Waals surface area contributed by atoms with Crippen molar-refractivity contribution in [2.75, 3.05) is 26.0 Å². The van der Waals surface area contributed by atoms with E-state index in [2.05, 4.69) is 5.32 Å². The molecule has 1 aromatic carbocycles. The number of methoxy groups -OCH3 is 1. The van der Waals surface area contributed by atoms with Crippen LogP contribution in [-0.4, -0.2) is 25.4 Å². The molecule has 0 aliphatic heterocycles. The molecule has 0 aliphatic carbocycles. The first kappa shape index (κ1) is 10.8. The Bertz CT molecular complexity index is 289. The van der Waals surface area contributed by atoms with Crippen molar-refractivity contribution < 1.29 is 9.84 Å². The van der Waals surface area contributed by atoms with Gasteiger partial charge in [-0.1, -0.05) is 6.07 Å². The highest BCUT2D eigenvalue weighted by Gasteiger charge is 2.00. The standard InChI is InChI=1S/C10H16N2O2/c1-14-10-6-8(2-3-9(10)11)7-12-4-5-13/h2-3,6,12-13H,4-5,7,11H2,1H3. The Morgan fingerprint density at radius 1 is 1.50 bits per heavy atom. The number of rotatable bonds is 5. The number of aliphatic hydroxyl groups is 1. The monoisotopic (exact) mass is 196 g/mol. The Balaban J connectivity index is 2.60. The zero-order valence-electron chi connectivity index (χ0n) is 8.29.